The molecule has 0 radical (unpaired) electrons. The zero-order chi connectivity index (χ0) is 37.0. The molecule has 5 aromatic rings. The largest absolute Gasteiger partial charge is 0.494 e. The number of nitrogens with one attached hydrogen (secondary N) is 2. The van der Waals surface area contributed by atoms with Crippen molar-refractivity contribution in [3.63, 3.8) is 0 Å². The number of esters is 1. The molecule has 7 rings (SSSR count). The van der Waals surface area contributed by atoms with Crippen molar-refractivity contribution in [1.82, 2.24) is 19.5 Å². The van der Waals surface area contributed by atoms with Crippen molar-refractivity contribution in [2.75, 3.05) is 58.8 Å². The van der Waals surface area contributed by atoms with Crippen LogP contribution in [0.2, 0.25) is 0 Å². The molecule has 268 valence electrons. The Morgan fingerprint density at radius 2 is 1.58 bits per heavy atom. The molecule has 14 heteroatoms. The number of aliphatic imine (C=N–C) groups is 1. The van der Waals surface area contributed by atoms with Crippen LogP contribution in [-0.4, -0.2) is 106 Å². The molecule has 1 saturated heterocycles. The quantitative estimate of drug-likeness (QED) is 0.165. The Bertz CT molecular complexity index is 2260. The highest BCUT2D eigenvalue weighted by atomic mass is 32.2. The Hall–Kier alpha value is -5.83. The predicted octanol–water partition coefficient (Wildman–Crippen LogP) is 4.16. The van der Waals surface area contributed by atoms with Crippen LogP contribution in [0.15, 0.2) is 107 Å². The van der Waals surface area contributed by atoms with Crippen molar-refractivity contribution >= 4 is 55.8 Å². The summed E-state index contributed by atoms with van der Waals surface area (Å²) in [6, 6.07) is 28.3. The van der Waals surface area contributed by atoms with Gasteiger partial charge in [0.15, 0.2) is 5.88 Å². The third-order valence-electron chi connectivity index (χ3n) is 8.94. The van der Waals surface area contributed by atoms with Gasteiger partial charge in [0.1, 0.15) is 4.90 Å². The van der Waals surface area contributed by atoms with E-state index in [0.29, 0.717) is 34.6 Å². The first-order chi connectivity index (χ1) is 24.9. The van der Waals surface area contributed by atoms with Gasteiger partial charge in [-0.25, -0.2) is 22.9 Å². The van der Waals surface area contributed by atoms with E-state index in [9.17, 15) is 27.9 Å². The molecule has 2 aliphatic rings. The highest BCUT2D eigenvalue weighted by molar-refractivity contribution is 7.90. The van der Waals surface area contributed by atoms with Crippen molar-refractivity contribution in [3.05, 3.63) is 119 Å². The summed E-state index contributed by atoms with van der Waals surface area (Å²) in [6.45, 7) is 4.09. The van der Waals surface area contributed by atoms with Gasteiger partial charge in [0.2, 0.25) is 5.91 Å². The van der Waals surface area contributed by atoms with Crippen molar-refractivity contribution in [1.29, 1.82) is 0 Å². The first kappa shape index (κ1) is 36.0. The summed E-state index contributed by atoms with van der Waals surface area (Å²) >= 11 is 0. The van der Waals surface area contributed by atoms with Gasteiger partial charge < -0.3 is 24.6 Å². The molecule has 0 unspecified atom stereocenters. The van der Waals surface area contributed by atoms with Gasteiger partial charge in [0.05, 0.1) is 41.7 Å². The van der Waals surface area contributed by atoms with Crippen molar-refractivity contribution in [2.24, 2.45) is 4.99 Å². The van der Waals surface area contributed by atoms with Crippen molar-refractivity contribution in [3.8, 4) is 5.88 Å². The summed E-state index contributed by atoms with van der Waals surface area (Å²) in [7, 11) is 1.66. The van der Waals surface area contributed by atoms with Crippen LogP contribution < -0.4 is 9.62 Å². The van der Waals surface area contributed by atoms with Crippen LogP contribution in [0.25, 0.3) is 10.9 Å². The second-order valence-corrected chi connectivity index (χ2v) is 14.1. The molecule has 3 heterocycles. The van der Waals surface area contributed by atoms with E-state index in [-0.39, 0.29) is 22.2 Å². The normalized spacial score (nSPS) is 15.7. The molecule has 0 bridgehead atoms. The lowest BCUT2D eigenvalue weighted by molar-refractivity contribution is -0.119. The van der Waals surface area contributed by atoms with E-state index in [0.717, 1.165) is 42.8 Å². The Kier molecular flexibility index (Phi) is 10.5. The summed E-state index contributed by atoms with van der Waals surface area (Å²) in [6.07, 6.45) is 0. The number of H-pyrrole nitrogens is 1. The number of aromatic hydroxyl groups is 1. The molecule has 0 aliphatic carbocycles. The minimum absolute atomic E-state index is 0.0424. The van der Waals surface area contributed by atoms with Crippen LogP contribution in [0, 0.1) is 0 Å². The Morgan fingerprint density at radius 3 is 2.25 bits per heavy atom. The Balaban J connectivity index is 0.000000325. The molecule has 13 nitrogen and oxygen atoms in total. The Labute approximate surface area is 301 Å². The number of carbonyl (C=O) groups is 3. The fourth-order valence-corrected chi connectivity index (χ4v) is 7.15. The number of aromatic amines is 1. The predicted molar refractivity (Wildman–Crippen MR) is 198 cm³/mol. The second kappa shape index (κ2) is 15.2. The van der Waals surface area contributed by atoms with Gasteiger partial charge >= 0.3 is 5.97 Å². The number of hydrogen-bond donors (Lipinski definition) is 3. The smallest absolute Gasteiger partial charge is 0.337 e. The Morgan fingerprint density at radius 1 is 0.904 bits per heavy atom. The molecule has 52 heavy (non-hydrogen) atoms. The van der Waals surface area contributed by atoms with Crippen LogP contribution in [0.1, 0.15) is 31.8 Å². The van der Waals surface area contributed by atoms with Gasteiger partial charge in [-0.3, -0.25) is 14.5 Å². The van der Waals surface area contributed by atoms with E-state index >= 15 is 0 Å². The number of likely N-dealkylation sites (N-methyl/N-ethyl adjacent to an activating group) is 2. The zero-order valence-electron chi connectivity index (χ0n) is 28.9. The SMILES string of the molecule is COC(=O)c1ccc2c(C(=Nc3ccc(N(C)C(=O)CN4CCN(C)CC4)cc3)c3ccccc3)c(O)[nH]c2c1.O=C1NS(=O)(=O)c2ccccc21. The highest BCUT2D eigenvalue weighted by Crippen LogP contribution is 2.32. The van der Waals surface area contributed by atoms with Crippen molar-refractivity contribution in [2.45, 2.75) is 4.90 Å². The lowest BCUT2D eigenvalue weighted by Gasteiger charge is -2.32. The van der Waals surface area contributed by atoms with Gasteiger partial charge in [-0.2, -0.15) is 0 Å². The van der Waals surface area contributed by atoms with E-state index < -0.39 is 21.9 Å². The number of aromatic nitrogens is 1. The number of fused-ring (bicyclic) bond motifs is 2. The molecule has 4 aromatic carbocycles. The van der Waals surface area contributed by atoms with Crippen LogP contribution in [0.3, 0.4) is 0 Å². The number of amides is 2. The summed E-state index contributed by atoms with van der Waals surface area (Å²) < 4.78 is 29.0. The van der Waals surface area contributed by atoms with E-state index in [1.165, 1.54) is 19.2 Å². The summed E-state index contributed by atoms with van der Waals surface area (Å²) in [5.41, 5.74) is 4.56. The zero-order valence-corrected chi connectivity index (χ0v) is 29.7. The van der Waals surface area contributed by atoms with E-state index in [1.54, 1.807) is 42.3 Å². The van der Waals surface area contributed by atoms with E-state index in [4.69, 9.17) is 9.73 Å². The average molecular weight is 723 g/mol. The third kappa shape index (κ3) is 7.73. The second-order valence-electron chi connectivity index (χ2n) is 12.4. The molecule has 1 aromatic heterocycles. The molecule has 0 atom stereocenters. The number of ether oxygens (including phenoxy) is 1. The van der Waals surface area contributed by atoms with Crippen LogP contribution in [-0.2, 0) is 19.6 Å². The summed E-state index contributed by atoms with van der Waals surface area (Å²) in [5.74, 6) is -1.02. The fraction of sp³-hybridized carbons (Fsp3) is 0.211. The van der Waals surface area contributed by atoms with Gasteiger partial charge in [0, 0.05) is 55.4 Å². The number of piperazine rings is 1. The first-order valence-corrected chi connectivity index (χ1v) is 17.9. The molecule has 3 N–H and O–H groups in total. The third-order valence-corrected chi connectivity index (χ3v) is 10.3. The molecule has 0 saturated carbocycles. The maximum Gasteiger partial charge on any atom is 0.337 e. The van der Waals surface area contributed by atoms with Gasteiger partial charge in [-0.05, 0) is 55.6 Å². The molecule has 2 aliphatic heterocycles. The highest BCUT2D eigenvalue weighted by Gasteiger charge is 2.31. The maximum absolute atomic E-state index is 12.9. The number of nitrogens with zero attached hydrogens (tertiary/aromatic N) is 4. The van der Waals surface area contributed by atoms with Crippen LogP contribution in [0.4, 0.5) is 11.4 Å². The number of anilines is 1. The van der Waals surface area contributed by atoms with Gasteiger partial charge in [0.25, 0.3) is 15.9 Å². The molecular weight excluding hydrogens is 685 g/mol. The lowest BCUT2D eigenvalue weighted by atomic mass is 10.00. The monoisotopic (exact) mass is 722 g/mol. The minimum Gasteiger partial charge on any atom is -0.494 e. The minimum atomic E-state index is -3.55. The standard InChI is InChI=1S/C31H33N5O4.C7H5NO3S/c1-34-15-17-36(18-16-34)20-27(37)35(2)24-12-10-23(11-13-24)32-29(21-7-5-4-6-8-21)28-25-14-9-22(31(39)40-3)19-26(25)33-30(28)38;9-7-5-3-1-2-4-6(5)12(10,11)8-7/h4-14,19,33,38H,15-18,20H2,1-3H3;1-4H,(H,8,9). The number of methoxy groups -OCH3 is 1. The number of hydrogen-bond acceptors (Lipinski definition) is 10. The van der Waals surface area contributed by atoms with Gasteiger partial charge in [-0.1, -0.05) is 48.5 Å². The van der Waals surface area contributed by atoms with Crippen LogP contribution >= 0.6 is 0 Å². The summed E-state index contributed by atoms with van der Waals surface area (Å²) in [4.78, 5) is 50.0. The number of carbonyl (C=O) groups excluding carboxylic acids is 3. The molecule has 2 amide bonds. The topological polar surface area (TPSA) is 165 Å². The van der Waals surface area contributed by atoms with Crippen LogP contribution in [0.5, 0.6) is 5.88 Å². The number of benzene rings is 4. The summed E-state index contributed by atoms with van der Waals surface area (Å²) in [5, 5.41) is 11.7. The fourth-order valence-electron chi connectivity index (χ4n) is 5.98. The maximum atomic E-state index is 12.9. The van der Waals surface area contributed by atoms with E-state index in [2.05, 4.69) is 21.8 Å². The van der Waals surface area contributed by atoms with Gasteiger partial charge in [-0.15, -0.1) is 0 Å². The van der Waals surface area contributed by atoms with E-state index in [1.807, 2.05) is 59.3 Å². The lowest BCUT2D eigenvalue weighted by Crippen LogP contribution is -2.48. The molecular formula is C38H38N6O7S. The number of rotatable bonds is 7. The van der Waals surface area contributed by atoms with Crippen molar-refractivity contribution < 1.29 is 32.6 Å². The number of sulfonamides is 1. The first-order valence-electron chi connectivity index (χ1n) is 16.5. The molecule has 0 spiro atoms. The molecule has 1 fully saturated rings. The average Bonchev–Trinajstić information content (AvgIpc) is 3.61.